The van der Waals surface area contributed by atoms with Gasteiger partial charge in [-0.25, -0.2) is 9.59 Å². The van der Waals surface area contributed by atoms with Crippen LogP contribution in [0.5, 0.6) is 11.5 Å². The average molecular weight is 552 g/mol. The van der Waals surface area contributed by atoms with Gasteiger partial charge >= 0.3 is 11.9 Å². The molecule has 4 rings (SSSR count). The Kier molecular flexibility index (Phi) is 6.83. The van der Waals surface area contributed by atoms with Crippen LogP contribution in [0.15, 0.2) is 106 Å². The van der Waals surface area contributed by atoms with Crippen LogP contribution in [-0.4, -0.2) is 11.9 Å². The molecule has 158 valence electrons. The average Bonchev–Trinajstić information content (AvgIpc) is 2.81. The zero-order valence-corrected chi connectivity index (χ0v) is 19.8. The highest BCUT2D eigenvalue weighted by molar-refractivity contribution is 9.10. The van der Waals surface area contributed by atoms with Crippen molar-refractivity contribution in [3.05, 3.63) is 117 Å². The quantitative estimate of drug-likeness (QED) is 0.193. The molecule has 0 aromatic heterocycles. The van der Waals surface area contributed by atoms with Crippen LogP contribution in [0.4, 0.5) is 0 Å². The van der Waals surface area contributed by atoms with Crippen LogP contribution in [0, 0.1) is 0 Å². The minimum Gasteiger partial charge on any atom is -0.423 e. The number of carbonyl (C=O) groups excluding carboxylic acids is 2. The normalized spacial score (nSPS) is 10.4. The zero-order valence-electron chi connectivity index (χ0n) is 16.6. The van der Waals surface area contributed by atoms with Crippen molar-refractivity contribution < 1.29 is 19.1 Å². The molecule has 0 amide bonds. The van der Waals surface area contributed by atoms with E-state index in [0.29, 0.717) is 22.6 Å². The lowest BCUT2D eigenvalue weighted by Crippen LogP contribution is -2.08. The first-order chi connectivity index (χ1) is 15.5. The summed E-state index contributed by atoms with van der Waals surface area (Å²) in [6, 6.07) is 28.4. The Hall–Kier alpha value is -3.22. The highest BCUT2D eigenvalue weighted by Crippen LogP contribution is 2.25. The standard InChI is InChI=1S/C26H16Br2O4/c27-21-9-1-19(2-10-21)25(29)31-23-13-5-17(6-14-23)18-7-15-24(16-8-18)32-26(30)20-3-11-22(28)12-4-20/h1-16H. The fourth-order valence-electron chi connectivity index (χ4n) is 2.93. The van der Waals surface area contributed by atoms with Gasteiger partial charge in [0, 0.05) is 8.95 Å². The maximum absolute atomic E-state index is 12.2. The molecule has 4 aromatic carbocycles. The van der Waals surface area contributed by atoms with E-state index in [1.54, 1.807) is 72.8 Å². The molecule has 0 N–H and O–H groups in total. The lowest BCUT2D eigenvalue weighted by molar-refractivity contribution is 0.0725. The second kappa shape index (κ2) is 9.94. The second-order valence-electron chi connectivity index (χ2n) is 6.84. The molecule has 4 nitrogen and oxygen atoms in total. The van der Waals surface area contributed by atoms with Gasteiger partial charge in [0.2, 0.25) is 0 Å². The topological polar surface area (TPSA) is 52.6 Å². The van der Waals surface area contributed by atoms with Crippen LogP contribution < -0.4 is 9.47 Å². The largest absolute Gasteiger partial charge is 0.423 e. The molecule has 32 heavy (non-hydrogen) atoms. The van der Waals surface area contributed by atoms with Crippen LogP contribution >= 0.6 is 31.9 Å². The zero-order chi connectivity index (χ0) is 22.5. The van der Waals surface area contributed by atoms with Crippen LogP contribution in [-0.2, 0) is 0 Å². The molecule has 0 heterocycles. The van der Waals surface area contributed by atoms with Gasteiger partial charge in [-0.3, -0.25) is 0 Å². The van der Waals surface area contributed by atoms with Crippen molar-refractivity contribution in [2.24, 2.45) is 0 Å². The minimum absolute atomic E-state index is 0.415. The Balaban J connectivity index is 1.39. The number of hydrogen-bond acceptors (Lipinski definition) is 4. The molecule has 0 aliphatic heterocycles. The number of rotatable bonds is 5. The molecule has 0 bridgehead atoms. The minimum atomic E-state index is -0.415. The summed E-state index contributed by atoms with van der Waals surface area (Å²) in [6.45, 7) is 0. The summed E-state index contributed by atoms with van der Waals surface area (Å²) < 4.78 is 12.6. The predicted molar refractivity (Wildman–Crippen MR) is 130 cm³/mol. The van der Waals surface area contributed by atoms with Crippen LogP contribution in [0.3, 0.4) is 0 Å². The first-order valence-corrected chi connectivity index (χ1v) is 11.2. The van der Waals surface area contributed by atoms with Crippen molar-refractivity contribution in [2.75, 3.05) is 0 Å². The van der Waals surface area contributed by atoms with Gasteiger partial charge in [0.05, 0.1) is 11.1 Å². The number of hydrogen-bond donors (Lipinski definition) is 0. The van der Waals surface area contributed by atoms with E-state index in [0.717, 1.165) is 20.1 Å². The first kappa shape index (κ1) is 22.0. The maximum Gasteiger partial charge on any atom is 0.343 e. The molecule has 0 aliphatic carbocycles. The summed E-state index contributed by atoms with van der Waals surface area (Å²) in [4.78, 5) is 24.5. The molecule has 0 spiro atoms. The van der Waals surface area contributed by atoms with Crippen LogP contribution in [0.2, 0.25) is 0 Å². The lowest BCUT2D eigenvalue weighted by Gasteiger charge is -2.08. The molecule has 0 aliphatic rings. The van der Waals surface area contributed by atoms with E-state index in [2.05, 4.69) is 31.9 Å². The summed E-state index contributed by atoms with van der Waals surface area (Å²) in [6.07, 6.45) is 0. The molecular weight excluding hydrogens is 536 g/mol. The third-order valence-corrected chi connectivity index (χ3v) is 5.68. The van der Waals surface area contributed by atoms with E-state index in [1.807, 2.05) is 24.3 Å². The smallest absolute Gasteiger partial charge is 0.343 e. The Morgan fingerprint density at radius 3 is 1.09 bits per heavy atom. The third kappa shape index (κ3) is 5.52. The van der Waals surface area contributed by atoms with Gasteiger partial charge in [0.15, 0.2) is 0 Å². The number of esters is 2. The van der Waals surface area contributed by atoms with E-state index in [4.69, 9.17) is 9.47 Å². The van der Waals surface area contributed by atoms with E-state index in [9.17, 15) is 9.59 Å². The van der Waals surface area contributed by atoms with Gasteiger partial charge in [-0.1, -0.05) is 56.1 Å². The summed E-state index contributed by atoms with van der Waals surface area (Å²) in [7, 11) is 0. The summed E-state index contributed by atoms with van der Waals surface area (Å²) in [5.41, 5.74) is 2.84. The highest BCUT2D eigenvalue weighted by atomic mass is 79.9. The molecule has 0 saturated carbocycles. The predicted octanol–water partition coefficient (Wildman–Crippen LogP) is 7.32. The van der Waals surface area contributed by atoms with Crippen molar-refractivity contribution in [1.82, 2.24) is 0 Å². The van der Waals surface area contributed by atoms with Crippen molar-refractivity contribution in [1.29, 1.82) is 0 Å². The Morgan fingerprint density at radius 1 is 0.469 bits per heavy atom. The van der Waals surface area contributed by atoms with E-state index in [1.165, 1.54) is 0 Å². The van der Waals surface area contributed by atoms with E-state index >= 15 is 0 Å². The van der Waals surface area contributed by atoms with Gasteiger partial charge in [-0.05, 0) is 83.9 Å². The van der Waals surface area contributed by atoms with Gasteiger partial charge in [0.1, 0.15) is 11.5 Å². The molecule has 4 aromatic rings. The van der Waals surface area contributed by atoms with Gasteiger partial charge < -0.3 is 9.47 Å². The first-order valence-electron chi connectivity index (χ1n) is 9.64. The third-order valence-electron chi connectivity index (χ3n) is 4.62. The molecular formula is C26H16Br2O4. The van der Waals surface area contributed by atoms with E-state index in [-0.39, 0.29) is 0 Å². The maximum atomic E-state index is 12.2. The lowest BCUT2D eigenvalue weighted by atomic mass is 10.1. The van der Waals surface area contributed by atoms with Gasteiger partial charge in [-0.2, -0.15) is 0 Å². The molecule has 0 radical (unpaired) electrons. The summed E-state index contributed by atoms with van der Waals surface area (Å²) in [5, 5.41) is 0. The monoisotopic (exact) mass is 550 g/mol. The van der Waals surface area contributed by atoms with E-state index < -0.39 is 11.9 Å². The van der Waals surface area contributed by atoms with Crippen molar-refractivity contribution in [2.45, 2.75) is 0 Å². The molecule has 0 atom stereocenters. The van der Waals surface area contributed by atoms with Gasteiger partial charge in [-0.15, -0.1) is 0 Å². The van der Waals surface area contributed by atoms with Crippen molar-refractivity contribution in [3.8, 4) is 22.6 Å². The second-order valence-corrected chi connectivity index (χ2v) is 8.67. The molecule has 0 unspecified atom stereocenters. The Labute approximate surface area is 202 Å². The highest BCUT2D eigenvalue weighted by Gasteiger charge is 2.10. The van der Waals surface area contributed by atoms with Crippen LogP contribution in [0.1, 0.15) is 20.7 Å². The SMILES string of the molecule is O=C(Oc1ccc(-c2ccc(OC(=O)c3ccc(Br)cc3)cc2)cc1)c1ccc(Br)cc1. The number of halogens is 2. The van der Waals surface area contributed by atoms with Crippen molar-refractivity contribution in [3.63, 3.8) is 0 Å². The summed E-state index contributed by atoms with van der Waals surface area (Å²) >= 11 is 6.68. The fourth-order valence-corrected chi connectivity index (χ4v) is 3.46. The molecule has 6 heteroatoms. The summed E-state index contributed by atoms with van der Waals surface area (Å²) in [5.74, 6) is 0.0906. The molecule has 0 saturated heterocycles. The van der Waals surface area contributed by atoms with Gasteiger partial charge in [0.25, 0.3) is 0 Å². The van der Waals surface area contributed by atoms with Crippen molar-refractivity contribution >= 4 is 43.8 Å². The number of benzene rings is 4. The Bertz CT molecular complexity index is 1130. The number of carbonyl (C=O) groups is 2. The van der Waals surface area contributed by atoms with Crippen LogP contribution in [0.25, 0.3) is 11.1 Å². The Morgan fingerprint density at radius 2 is 0.781 bits per heavy atom. The molecule has 0 fully saturated rings. The fraction of sp³-hybridized carbons (Fsp3) is 0. The number of ether oxygens (including phenoxy) is 2.